The molecule has 5 nitrogen and oxygen atoms in total. The van der Waals surface area contributed by atoms with Crippen molar-refractivity contribution >= 4 is 11.7 Å². The lowest BCUT2D eigenvalue weighted by Crippen LogP contribution is -2.31. The minimum Gasteiger partial charge on any atom is -0.467 e. The third-order valence-electron chi connectivity index (χ3n) is 2.78. The van der Waals surface area contributed by atoms with Crippen LogP contribution in [-0.2, 0) is 0 Å². The predicted octanol–water partition coefficient (Wildman–Crippen LogP) is 2.80. The van der Waals surface area contributed by atoms with Crippen LogP contribution < -0.4 is 10.6 Å². The Bertz CT molecular complexity index is 582. The molecule has 2 amide bonds. The lowest BCUT2D eigenvalue weighted by Gasteiger charge is -2.11. The summed E-state index contributed by atoms with van der Waals surface area (Å²) in [7, 11) is 0. The van der Waals surface area contributed by atoms with Crippen molar-refractivity contribution < 1.29 is 23.1 Å². The summed E-state index contributed by atoms with van der Waals surface area (Å²) in [5.41, 5.74) is -0.512. The van der Waals surface area contributed by atoms with Gasteiger partial charge >= 0.3 is 6.03 Å². The highest BCUT2D eigenvalue weighted by Crippen LogP contribution is 2.18. The molecular weight excluding hydrogens is 282 g/mol. The molecule has 0 bridgehead atoms. The molecule has 0 fully saturated rings. The summed E-state index contributed by atoms with van der Waals surface area (Å²) in [4.78, 5) is 11.5. The van der Waals surface area contributed by atoms with Crippen LogP contribution in [0.15, 0.2) is 41.0 Å². The maximum absolute atomic E-state index is 13.3. The van der Waals surface area contributed by atoms with Crippen molar-refractivity contribution in [2.24, 2.45) is 0 Å². The number of hydrogen-bond acceptors (Lipinski definition) is 3. The second-order valence-electron chi connectivity index (χ2n) is 4.30. The van der Waals surface area contributed by atoms with Crippen molar-refractivity contribution in [3.8, 4) is 0 Å². The predicted molar refractivity (Wildman–Crippen MR) is 71.7 cm³/mol. The molecule has 0 saturated heterocycles. The number of para-hydroxylation sites is 1. The summed E-state index contributed by atoms with van der Waals surface area (Å²) in [5.74, 6) is -1.33. The van der Waals surface area contributed by atoms with Gasteiger partial charge in [0.15, 0.2) is 0 Å². The summed E-state index contributed by atoms with van der Waals surface area (Å²) in [5, 5.41) is 14.2. The normalized spacial score (nSPS) is 12.0. The summed E-state index contributed by atoms with van der Waals surface area (Å²) in [6, 6.07) is 5.77. The SMILES string of the molecule is O=C(NCC[C@H](O)c1ccco1)Nc1c(F)cccc1F. The number of halogens is 2. The zero-order valence-corrected chi connectivity index (χ0v) is 11.0. The van der Waals surface area contributed by atoms with E-state index in [-0.39, 0.29) is 13.0 Å². The number of carbonyl (C=O) groups is 1. The summed E-state index contributed by atoms with van der Waals surface area (Å²) in [6.45, 7) is 0.115. The molecule has 112 valence electrons. The molecule has 1 aromatic carbocycles. The molecular formula is C14H14F2N2O3. The van der Waals surface area contributed by atoms with Gasteiger partial charge in [-0.2, -0.15) is 0 Å². The molecule has 1 aromatic heterocycles. The van der Waals surface area contributed by atoms with Crippen LogP contribution in [0.5, 0.6) is 0 Å². The van der Waals surface area contributed by atoms with E-state index in [1.807, 2.05) is 0 Å². The first-order valence-electron chi connectivity index (χ1n) is 6.28. The third-order valence-corrected chi connectivity index (χ3v) is 2.78. The average Bonchev–Trinajstić information content (AvgIpc) is 2.97. The van der Waals surface area contributed by atoms with Gasteiger partial charge in [-0.05, 0) is 30.7 Å². The van der Waals surface area contributed by atoms with E-state index in [9.17, 15) is 18.7 Å². The molecule has 1 heterocycles. The van der Waals surface area contributed by atoms with Crippen molar-refractivity contribution in [2.45, 2.75) is 12.5 Å². The van der Waals surface area contributed by atoms with E-state index in [2.05, 4.69) is 10.6 Å². The van der Waals surface area contributed by atoms with E-state index in [1.165, 1.54) is 12.3 Å². The quantitative estimate of drug-likeness (QED) is 0.794. The standard InChI is InChI=1S/C14H14F2N2O3/c15-9-3-1-4-10(16)13(9)18-14(20)17-7-6-11(19)12-5-2-8-21-12/h1-5,8,11,19H,6-7H2,(H2,17,18,20)/t11-/m0/s1. The zero-order chi connectivity index (χ0) is 15.2. The number of hydrogen-bond donors (Lipinski definition) is 3. The number of urea groups is 1. The van der Waals surface area contributed by atoms with Gasteiger partial charge in [-0.3, -0.25) is 0 Å². The van der Waals surface area contributed by atoms with E-state index < -0.39 is 29.5 Å². The van der Waals surface area contributed by atoms with Crippen LogP contribution in [0.4, 0.5) is 19.3 Å². The first kappa shape index (κ1) is 15.0. The molecule has 2 aromatic rings. The minimum atomic E-state index is -0.860. The van der Waals surface area contributed by atoms with Crippen molar-refractivity contribution in [1.29, 1.82) is 0 Å². The maximum atomic E-state index is 13.3. The van der Waals surface area contributed by atoms with Crippen molar-refractivity contribution in [3.05, 3.63) is 54.0 Å². The molecule has 0 spiro atoms. The average molecular weight is 296 g/mol. The number of nitrogens with one attached hydrogen (secondary N) is 2. The van der Waals surface area contributed by atoms with Gasteiger partial charge in [-0.1, -0.05) is 6.07 Å². The number of amides is 2. The van der Waals surface area contributed by atoms with Gasteiger partial charge in [0.05, 0.1) is 6.26 Å². The third kappa shape index (κ3) is 4.03. The molecule has 0 saturated carbocycles. The van der Waals surface area contributed by atoms with Gasteiger partial charge < -0.3 is 20.2 Å². The second kappa shape index (κ2) is 6.85. The van der Waals surface area contributed by atoms with E-state index in [0.29, 0.717) is 5.76 Å². The van der Waals surface area contributed by atoms with Crippen LogP contribution in [0.3, 0.4) is 0 Å². The van der Waals surface area contributed by atoms with Gasteiger partial charge in [0.2, 0.25) is 0 Å². The summed E-state index contributed by atoms with van der Waals surface area (Å²) in [6.07, 6.45) is 0.783. The second-order valence-corrected chi connectivity index (χ2v) is 4.30. The van der Waals surface area contributed by atoms with Crippen LogP contribution in [0.1, 0.15) is 18.3 Å². The summed E-state index contributed by atoms with van der Waals surface area (Å²) >= 11 is 0. The first-order valence-corrected chi connectivity index (χ1v) is 6.28. The molecule has 7 heteroatoms. The molecule has 0 radical (unpaired) electrons. The fourth-order valence-corrected chi connectivity index (χ4v) is 1.72. The molecule has 1 atom stereocenters. The summed E-state index contributed by atoms with van der Waals surface area (Å²) < 4.78 is 31.6. The van der Waals surface area contributed by atoms with Gasteiger partial charge in [0, 0.05) is 6.54 Å². The Labute approximate surface area is 119 Å². The number of furan rings is 1. The number of rotatable bonds is 5. The molecule has 0 unspecified atom stereocenters. The highest BCUT2D eigenvalue weighted by Gasteiger charge is 2.13. The van der Waals surface area contributed by atoms with Gasteiger partial charge in [-0.15, -0.1) is 0 Å². The lowest BCUT2D eigenvalue weighted by atomic mass is 10.2. The number of carbonyl (C=O) groups excluding carboxylic acids is 1. The fraction of sp³-hybridized carbons (Fsp3) is 0.214. The maximum Gasteiger partial charge on any atom is 0.319 e. The number of aliphatic hydroxyl groups excluding tert-OH is 1. The van der Waals surface area contributed by atoms with E-state index in [0.717, 1.165) is 12.1 Å². The fourth-order valence-electron chi connectivity index (χ4n) is 1.72. The Morgan fingerprint density at radius 2 is 1.95 bits per heavy atom. The van der Waals surface area contributed by atoms with E-state index in [1.54, 1.807) is 12.1 Å². The smallest absolute Gasteiger partial charge is 0.319 e. The molecule has 21 heavy (non-hydrogen) atoms. The van der Waals surface area contributed by atoms with Gasteiger partial charge in [0.25, 0.3) is 0 Å². The van der Waals surface area contributed by atoms with E-state index in [4.69, 9.17) is 4.42 Å². The molecule has 0 aliphatic carbocycles. The van der Waals surface area contributed by atoms with Crippen molar-refractivity contribution in [2.75, 3.05) is 11.9 Å². The molecule has 2 rings (SSSR count). The Morgan fingerprint density at radius 3 is 2.57 bits per heavy atom. The Kier molecular flexibility index (Phi) is 4.89. The monoisotopic (exact) mass is 296 g/mol. The Morgan fingerprint density at radius 1 is 1.24 bits per heavy atom. The molecule has 0 aliphatic heterocycles. The topological polar surface area (TPSA) is 74.5 Å². The Balaban J connectivity index is 1.80. The van der Waals surface area contributed by atoms with Gasteiger partial charge in [0.1, 0.15) is 29.2 Å². The molecule has 3 N–H and O–H groups in total. The van der Waals surface area contributed by atoms with Crippen molar-refractivity contribution in [1.82, 2.24) is 5.32 Å². The van der Waals surface area contributed by atoms with Crippen LogP contribution >= 0.6 is 0 Å². The molecule has 0 aliphatic rings. The highest BCUT2D eigenvalue weighted by atomic mass is 19.1. The van der Waals surface area contributed by atoms with Crippen LogP contribution in [0.2, 0.25) is 0 Å². The Hall–Kier alpha value is -2.41. The van der Waals surface area contributed by atoms with Crippen LogP contribution in [0.25, 0.3) is 0 Å². The van der Waals surface area contributed by atoms with E-state index >= 15 is 0 Å². The number of benzene rings is 1. The number of aliphatic hydroxyl groups is 1. The van der Waals surface area contributed by atoms with Crippen molar-refractivity contribution in [3.63, 3.8) is 0 Å². The first-order chi connectivity index (χ1) is 10.1. The van der Waals surface area contributed by atoms with Crippen LogP contribution in [-0.4, -0.2) is 17.7 Å². The van der Waals surface area contributed by atoms with Crippen LogP contribution in [0, 0.1) is 11.6 Å². The number of anilines is 1. The zero-order valence-electron chi connectivity index (χ0n) is 11.0. The lowest BCUT2D eigenvalue weighted by molar-refractivity contribution is 0.140. The largest absolute Gasteiger partial charge is 0.467 e. The highest BCUT2D eigenvalue weighted by molar-refractivity contribution is 5.89. The minimum absolute atomic E-state index is 0.115. The van der Waals surface area contributed by atoms with Gasteiger partial charge in [-0.25, -0.2) is 13.6 Å².